The van der Waals surface area contributed by atoms with Gasteiger partial charge in [0, 0.05) is 36.6 Å². The molecule has 0 bridgehead atoms. The van der Waals surface area contributed by atoms with Gasteiger partial charge in [-0.3, -0.25) is 4.79 Å². The van der Waals surface area contributed by atoms with E-state index in [0.717, 1.165) is 23.5 Å². The first-order valence-corrected chi connectivity index (χ1v) is 9.00. The normalized spacial score (nSPS) is 20.2. The van der Waals surface area contributed by atoms with Gasteiger partial charge in [-0.05, 0) is 39.2 Å². The summed E-state index contributed by atoms with van der Waals surface area (Å²) in [4.78, 5) is 23.3. The van der Waals surface area contributed by atoms with Crippen molar-refractivity contribution in [2.75, 3.05) is 13.1 Å². The molecule has 1 amide bonds. The van der Waals surface area contributed by atoms with Crippen molar-refractivity contribution < 1.29 is 4.79 Å². The van der Waals surface area contributed by atoms with Crippen LogP contribution in [-0.2, 0) is 0 Å². The Morgan fingerprint density at radius 1 is 1.19 bits per heavy atom. The van der Waals surface area contributed by atoms with Gasteiger partial charge in [0.2, 0.25) is 5.82 Å². The molecular formula is C17H20N8O. The Labute approximate surface area is 150 Å². The van der Waals surface area contributed by atoms with Gasteiger partial charge in [-0.15, -0.1) is 10.2 Å². The van der Waals surface area contributed by atoms with Gasteiger partial charge in [-0.1, -0.05) is 5.21 Å². The van der Waals surface area contributed by atoms with Gasteiger partial charge in [-0.25, -0.2) is 14.2 Å². The average Bonchev–Trinajstić information content (AvgIpc) is 3.05. The molecular weight excluding hydrogens is 332 g/mol. The van der Waals surface area contributed by atoms with Crippen LogP contribution >= 0.6 is 0 Å². The van der Waals surface area contributed by atoms with Gasteiger partial charge >= 0.3 is 0 Å². The Morgan fingerprint density at radius 2 is 2.04 bits per heavy atom. The second-order valence-corrected chi connectivity index (χ2v) is 7.28. The van der Waals surface area contributed by atoms with Gasteiger partial charge in [0.25, 0.3) is 11.7 Å². The SMILES string of the molecule is Cc1cc(C)n2nc(C(=O)N3CCC(n4cc(C5CC5)nn4)C3)nc2n1. The zero-order valence-electron chi connectivity index (χ0n) is 14.8. The van der Waals surface area contributed by atoms with Crippen molar-refractivity contribution in [3.63, 3.8) is 0 Å². The molecule has 1 saturated carbocycles. The summed E-state index contributed by atoms with van der Waals surface area (Å²) in [6.07, 6.45) is 5.32. The Morgan fingerprint density at radius 3 is 2.85 bits per heavy atom. The third-order valence-electron chi connectivity index (χ3n) is 5.16. The molecule has 0 N–H and O–H groups in total. The molecule has 3 aromatic rings. The van der Waals surface area contributed by atoms with Crippen LogP contribution in [0.5, 0.6) is 0 Å². The number of carbonyl (C=O) groups is 1. The minimum absolute atomic E-state index is 0.155. The maximum Gasteiger partial charge on any atom is 0.293 e. The summed E-state index contributed by atoms with van der Waals surface area (Å²) >= 11 is 0. The van der Waals surface area contributed by atoms with Gasteiger partial charge in [-0.2, -0.15) is 4.98 Å². The largest absolute Gasteiger partial charge is 0.334 e. The zero-order valence-corrected chi connectivity index (χ0v) is 14.8. The fourth-order valence-corrected chi connectivity index (χ4v) is 3.58. The minimum atomic E-state index is -0.155. The highest BCUT2D eigenvalue weighted by Gasteiger charge is 2.32. The second-order valence-electron chi connectivity index (χ2n) is 7.28. The first-order valence-electron chi connectivity index (χ1n) is 9.00. The second kappa shape index (κ2) is 5.58. The van der Waals surface area contributed by atoms with Crippen LogP contribution in [0.3, 0.4) is 0 Å². The summed E-state index contributed by atoms with van der Waals surface area (Å²) in [7, 11) is 0. The highest BCUT2D eigenvalue weighted by molar-refractivity contribution is 5.91. The van der Waals surface area contributed by atoms with E-state index < -0.39 is 0 Å². The summed E-state index contributed by atoms with van der Waals surface area (Å²) in [6.45, 7) is 5.11. The van der Waals surface area contributed by atoms with Crippen LogP contribution in [-0.4, -0.2) is 58.5 Å². The number of hydrogen-bond acceptors (Lipinski definition) is 6. The first kappa shape index (κ1) is 15.4. The van der Waals surface area contributed by atoms with Crippen LogP contribution in [0.25, 0.3) is 5.78 Å². The van der Waals surface area contributed by atoms with E-state index in [1.165, 1.54) is 12.8 Å². The van der Waals surface area contributed by atoms with Crippen molar-refractivity contribution in [3.05, 3.63) is 35.2 Å². The molecule has 2 fully saturated rings. The highest BCUT2D eigenvalue weighted by atomic mass is 16.2. The van der Waals surface area contributed by atoms with Gasteiger partial charge in [0.15, 0.2) is 0 Å². The number of fused-ring (bicyclic) bond motifs is 1. The first-order chi connectivity index (χ1) is 12.6. The zero-order chi connectivity index (χ0) is 17.8. The number of aromatic nitrogens is 7. The molecule has 9 heteroatoms. The third-order valence-corrected chi connectivity index (χ3v) is 5.16. The number of carbonyl (C=O) groups excluding carboxylic acids is 1. The molecule has 5 rings (SSSR count). The summed E-state index contributed by atoms with van der Waals surface area (Å²) in [6, 6.07) is 2.09. The molecule has 1 aliphatic heterocycles. The van der Waals surface area contributed by atoms with Crippen LogP contribution in [0.15, 0.2) is 12.3 Å². The summed E-state index contributed by atoms with van der Waals surface area (Å²) < 4.78 is 3.53. The molecule has 3 aromatic heterocycles. The molecule has 4 heterocycles. The van der Waals surface area contributed by atoms with Crippen molar-refractivity contribution in [1.29, 1.82) is 0 Å². The van der Waals surface area contributed by atoms with Crippen molar-refractivity contribution >= 4 is 11.7 Å². The number of rotatable bonds is 3. The van der Waals surface area contributed by atoms with E-state index in [9.17, 15) is 4.79 Å². The molecule has 2 aliphatic rings. The number of likely N-dealkylation sites (tertiary alicyclic amines) is 1. The van der Waals surface area contributed by atoms with E-state index in [4.69, 9.17) is 0 Å². The molecule has 26 heavy (non-hydrogen) atoms. The lowest BCUT2D eigenvalue weighted by molar-refractivity contribution is 0.0775. The van der Waals surface area contributed by atoms with Crippen LogP contribution in [0.4, 0.5) is 0 Å². The molecule has 1 atom stereocenters. The number of nitrogens with zero attached hydrogens (tertiary/aromatic N) is 8. The maximum atomic E-state index is 12.8. The topological polar surface area (TPSA) is 94.1 Å². The predicted octanol–water partition coefficient (Wildman–Crippen LogP) is 1.30. The van der Waals surface area contributed by atoms with Crippen molar-refractivity contribution in [1.82, 2.24) is 39.5 Å². The third kappa shape index (κ3) is 2.54. The Hall–Kier alpha value is -2.84. The predicted molar refractivity (Wildman–Crippen MR) is 91.8 cm³/mol. The molecule has 1 saturated heterocycles. The minimum Gasteiger partial charge on any atom is -0.334 e. The van der Waals surface area contributed by atoms with Crippen LogP contribution < -0.4 is 0 Å². The molecule has 1 unspecified atom stereocenters. The lowest BCUT2D eigenvalue weighted by Crippen LogP contribution is -2.30. The quantitative estimate of drug-likeness (QED) is 0.705. The van der Waals surface area contributed by atoms with Gasteiger partial charge in [0.05, 0.1) is 11.7 Å². The Balaban J connectivity index is 1.35. The number of aryl methyl sites for hydroxylation is 2. The van der Waals surface area contributed by atoms with E-state index >= 15 is 0 Å². The van der Waals surface area contributed by atoms with E-state index in [0.29, 0.717) is 24.8 Å². The summed E-state index contributed by atoms with van der Waals surface area (Å²) in [5.74, 6) is 1.10. The van der Waals surface area contributed by atoms with Gasteiger partial charge in [0.1, 0.15) is 0 Å². The highest BCUT2D eigenvalue weighted by Crippen LogP contribution is 2.39. The smallest absolute Gasteiger partial charge is 0.293 e. The van der Waals surface area contributed by atoms with Gasteiger partial charge < -0.3 is 4.90 Å². The lowest BCUT2D eigenvalue weighted by atomic mass is 10.2. The van der Waals surface area contributed by atoms with Crippen molar-refractivity contribution in [2.24, 2.45) is 0 Å². The van der Waals surface area contributed by atoms with Crippen LogP contribution in [0.1, 0.15) is 58.9 Å². The maximum absolute atomic E-state index is 12.8. The summed E-state index contributed by atoms with van der Waals surface area (Å²) in [5.41, 5.74) is 2.85. The van der Waals surface area contributed by atoms with E-state index in [2.05, 4.69) is 25.4 Å². The van der Waals surface area contributed by atoms with E-state index in [1.807, 2.05) is 30.8 Å². The Bertz CT molecular complexity index is 1000. The number of hydrogen-bond donors (Lipinski definition) is 0. The lowest BCUT2D eigenvalue weighted by Gasteiger charge is -2.14. The Kier molecular flexibility index (Phi) is 3.31. The molecule has 9 nitrogen and oxygen atoms in total. The van der Waals surface area contributed by atoms with Crippen molar-refractivity contribution in [3.8, 4) is 0 Å². The van der Waals surface area contributed by atoms with Crippen LogP contribution in [0.2, 0.25) is 0 Å². The molecule has 1 aliphatic carbocycles. The van der Waals surface area contributed by atoms with E-state index in [-0.39, 0.29) is 17.8 Å². The molecule has 0 radical (unpaired) electrons. The molecule has 134 valence electrons. The molecule has 0 spiro atoms. The standard InChI is InChI=1S/C17H20N8O/c1-10-7-11(2)25-17(18-10)19-15(21-25)16(26)23-6-5-13(8-23)24-9-14(20-22-24)12-3-4-12/h7,9,12-13H,3-6,8H2,1-2H3. The summed E-state index contributed by atoms with van der Waals surface area (Å²) in [5, 5.41) is 12.9. The average molecular weight is 352 g/mol. The monoisotopic (exact) mass is 352 g/mol. The fraction of sp³-hybridized carbons (Fsp3) is 0.529. The van der Waals surface area contributed by atoms with E-state index in [1.54, 1.807) is 9.42 Å². The number of amides is 1. The molecule has 0 aromatic carbocycles. The fourth-order valence-electron chi connectivity index (χ4n) is 3.58. The van der Waals surface area contributed by atoms with Crippen LogP contribution in [0, 0.1) is 13.8 Å². The van der Waals surface area contributed by atoms with Crippen molar-refractivity contribution in [2.45, 2.75) is 45.1 Å².